The first-order valence-corrected chi connectivity index (χ1v) is 2.70. The van der Waals surface area contributed by atoms with E-state index in [0.717, 1.165) is 11.8 Å². The van der Waals surface area contributed by atoms with Crippen molar-refractivity contribution in [1.82, 2.24) is 5.73 Å². The Morgan fingerprint density at radius 1 is 1.60 bits per heavy atom. The molecule has 5 heavy (non-hydrogen) atoms. The maximum absolute atomic E-state index is 8.04. The highest BCUT2D eigenvalue weighted by Gasteiger charge is 1.72. The molecule has 0 aromatic carbocycles. The van der Waals surface area contributed by atoms with Crippen molar-refractivity contribution in [2.75, 3.05) is 11.9 Å². The smallest absolute Gasteiger partial charge is 0.0329 e. The second-order valence-electron chi connectivity index (χ2n) is 0.766. The van der Waals surface area contributed by atoms with Crippen LogP contribution in [0.1, 0.15) is 6.42 Å². The highest BCUT2D eigenvalue weighted by molar-refractivity contribution is 9.09. The van der Waals surface area contributed by atoms with Crippen molar-refractivity contribution in [3.05, 3.63) is 0 Å². The van der Waals surface area contributed by atoms with Gasteiger partial charge in [0.15, 0.2) is 0 Å². The Morgan fingerprint density at radius 3 is 2.20 bits per heavy atom. The van der Waals surface area contributed by atoms with Crippen LogP contribution in [0.2, 0.25) is 0 Å². The molecule has 0 heterocycles. The van der Waals surface area contributed by atoms with Gasteiger partial charge in [0.25, 0.3) is 0 Å². The lowest BCUT2D eigenvalue weighted by Gasteiger charge is -1.75. The van der Waals surface area contributed by atoms with Crippen molar-refractivity contribution in [2.24, 2.45) is 0 Å². The van der Waals surface area contributed by atoms with Gasteiger partial charge in [-0.25, -0.2) is 0 Å². The number of hydrogen-bond donors (Lipinski definition) is 0. The molecule has 0 unspecified atom stereocenters. The van der Waals surface area contributed by atoms with Gasteiger partial charge in [-0.1, -0.05) is 15.9 Å². The Morgan fingerprint density at radius 2 is 2.20 bits per heavy atom. The molecule has 0 saturated carbocycles. The summed E-state index contributed by atoms with van der Waals surface area (Å²) in [5.74, 6) is 0. The number of hydrogen-bond acceptors (Lipinski definition) is 0. The summed E-state index contributed by atoms with van der Waals surface area (Å²) in [6, 6.07) is 0. The van der Waals surface area contributed by atoms with E-state index in [1.807, 2.05) is 0 Å². The van der Waals surface area contributed by atoms with Crippen LogP contribution in [-0.4, -0.2) is 11.9 Å². The highest BCUT2D eigenvalue weighted by atomic mass is 79.9. The van der Waals surface area contributed by atoms with Crippen molar-refractivity contribution in [3.63, 3.8) is 0 Å². The van der Waals surface area contributed by atoms with E-state index in [4.69, 9.17) is 5.73 Å². The van der Waals surface area contributed by atoms with Gasteiger partial charge in [-0.15, -0.1) is 5.73 Å². The topological polar surface area (TPSA) is 22.3 Å². The molecule has 0 fully saturated rings. The van der Waals surface area contributed by atoms with E-state index >= 15 is 0 Å². The van der Waals surface area contributed by atoms with Crippen LogP contribution in [0.5, 0.6) is 0 Å². The van der Waals surface area contributed by atoms with E-state index in [-0.39, 0.29) is 0 Å². The van der Waals surface area contributed by atoms with Gasteiger partial charge in [0.1, 0.15) is 0 Å². The van der Waals surface area contributed by atoms with Gasteiger partial charge in [-0.2, -0.15) is 0 Å². The van der Waals surface area contributed by atoms with Crippen LogP contribution in [0.15, 0.2) is 0 Å². The predicted octanol–water partition coefficient (Wildman–Crippen LogP) is 0.840. The Balaban J connectivity index is 2.19. The second-order valence-corrected chi connectivity index (χ2v) is 1.56. The van der Waals surface area contributed by atoms with Gasteiger partial charge in [-0.05, 0) is 6.42 Å². The zero-order valence-corrected chi connectivity index (χ0v) is 4.53. The van der Waals surface area contributed by atoms with E-state index in [2.05, 4.69) is 15.9 Å². The molecule has 0 aliphatic heterocycles. The Bertz CT molecular complexity index is 14.4. The first-order chi connectivity index (χ1) is 2.41. The van der Waals surface area contributed by atoms with Crippen molar-refractivity contribution >= 4 is 15.9 Å². The Kier molecular flexibility index (Phi) is 4.83. The second kappa shape index (κ2) is 4.44. The Hall–Kier alpha value is 0.440. The fraction of sp³-hybridized carbons (Fsp3) is 1.00. The van der Waals surface area contributed by atoms with E-state index in [1.165, 1.54) is 0 Å². The maximum Gasteiger partial charge on any atom is 0.0329 e. The van der Waals surface area contributed by atoms with Gasteiger partial charge >= 0.3 is 0 Å². The molecule has 0 spiro atoms. The molecule has 0 N–H and O–H groups in total. The first kappa shape index (κ1) is 5.44. The fourth-order valence-corrected chi connectivity index (χ4v) is 0.311. The van der Waals surface area contributed by atoms with Crippen molar-refractivity contribution < 1.29 is 0 Å². The van der Waals surface area contributed by atoms with E-state index in [9.17, 15) is 0 Å². The average molecular weight is 136 g/mol. The lowest BCUT2D eigenvalue weighted by atomic mass is 10.5. The molecule has 2 radical (unpaired) electrons. The maximum atomic E-state index is 8.04. The van der Waals surface area contributed by atoms with Crippen molar-refractivity contribution in [3.8, 4) is 0 Å². The summed E-state index contributed by atoms with van der Waals surface area (Å²) >= 11 is 3.15. The van der Waals surface area contributed by atoms with Crippen LogP contribution < -0.4 is 5.73 Å². The van der Waals surface area contributed by atoms with E-state index < -0.39 is 0 Å². The number of nitrogens with zero attached hydrogens (tertiary/aromatic N) is 1. The third-order valence-electron chi connectivity index (χ3n) is 0.292. The summed E-state index contributed by atoms with van der Waals surface area (Å²) < 4.78 is 0. The van der Waals surface area contributed by atoms with Gasteiger partial charge in [0, 0.05) is 11.9 Å². The van der Waals surface area contributed by atoms with Gasteiger partial charge < -0.3 is 0 Å². The standard InChI is InChI=1S/C3H6BrN/c4-2-1-3-5/h1-3H2. The van der Waals surface area contributed by atoms with Crippen LogP contribution in [0.3, 0.4) is 0 Å². The number of halogens is 1. The zero-order valence-electron chi connectivity index (χ0n) is 2.95. The van der Waals surface area contributed by atoms with E-state index in [1.54, 1.807) is 0 Å². The van der Waals surface area contributed by atoms with Crippen molar-refractivity contribution in [2.45, 2.75) is 6.42 Å². The lowest BCUT2D eigenvalue weighted by molar-refractivity contribution is 0.923. The summed E-state index contributed by atoms with van der Waals surface area (Å²) in [7, 11) is 0. The molecule has 2 heteroatoms. The SMILES string of the molecule is [N]CCCBr. The lowest BCUT2D eigenvalue weighted by Crippen LogP contribution is -1.82. The monoisotopic (exact) mass is 135 g/mol. The molecule has 30 valence electrons. The molecule has 0 aliphatic rings. The van der Waals surface area contributed by atoms with Gasteiger partial charge in [0.2, 0.25) is 0 Å². The molecule has 0 rings (SSSR count). The predicted molar refractivity (Wildman–Crippen MR) is 25.4 cm³/mol. The molecule has 0 aromatic heterocycles. The largest absolute Gasteiger partial charge is 0.145 e. The summed E-state index contributed by atoms with van der Waals surface area (Å²) in [4.78, 5) is 0. The molecule has 0 aromatic rings. The molecule has 0 saturated heterocycles. The first-order valence-electron chi connectivity index (χ1n) is 1.58. The third-order valence-corrected chi connectivity index (χ3v) is 0.852. The molecule has 0 aliphatic carbocycles. The van der Waals surface area contributed by atoms with Crippen LogP contribution in [0, 0.1) is 0 Å². The third kappa shape index (κ3) is 4.44. The zero-order chi connectivity index (χ0) is 4.12. The summed E-state index contributed by atoms with van der Waals surface area (Å²) in [6.45, 7) is 0.297. The number of rotatable bonds is 2. The minimum Gasteiger partial charge on any atom is -0.145 e. The normalized spacial score (nSPS) is 8.40. The van der Waals surface area contributed by atoms with Gasteiger partial charge in [-0.3, -0.25) is 0 Å². The number of alkyl halides is 1. The summed E-state index contributed by atoms with van der Waals surface area (Å²) in [6.07, 6.45) is 0.861. The average Bonchev–Trinajstić information content (AvgIpc) is 1.41. The minimum atomic E-state index is 0.297. The minimum absolute atomic E-state index is 0.297. The molecule has 1 nitrogen and oxygen atoms in total. The fourth-order valence-electron chi connectivity index (χ4n) is 0.0598. The summed E-state index contributed by atoms with van der Waals surface area (Å²) in [5, 5.41) is 0.906. The quantitative estimate of drug-likeness (QED) is 0.502. The van der Waals surface area contributed by atoms with Crippen LogP contribution in [0.4, 0.5) is 0 Å². The van der Waals surface area contributed by atoms with Crippen LogP contribution in [-0.2, 0) is 0 Å². The van der Waals surface area contributed by atoms with Crippen LogP contribution in [0.25, 0.3) is 0 Å². The summed E-state index contributed by atoms with van der Waals surface area (Å²) in [5.41, 5.74) is 8.04. The molecule has 0 bridgehead atoms. The van der Waals surface area contributed by atoms with Gasteiger partial charge in [0.05, 0.1) is 0 Å². The molecular formula is C3H6BrN. The highest BCUT2D eigenvalue weighted by Crippen LogP contribution is 1.81. The van der Waals surface area contributed by atoms with E-state index in [0.29, 0.717) is 6.54 Å². The van der Waals surface area contributed by atoms with Crippen LogP contribution >= 0.6 is 15.9 Å². The Labute approximate surface area is 40.7 Å². The molecular weight excluding hydrogens is 130 g/mol. The molecule has 0 amide bonds. The van der Waals surface area contributed by atoms with Crippen molar-refractivity contribution in [1.29, 1.82) is 0 Å². The molecule has 0 atom stereocenters.